The first-order valence-electron chi connectivity index (χ1n) is 6.99. The molecule has 2 aliphatic heterocycles. The molecule has 0 radical (unpaired) electrons. The van der Waals surface area contributed by atoms with E-state index in [2.05, 4.69) is 6.92 Å². The van der Waals surface area contributed by atoms with Gasteiger partial charge in [0.2, 0.25) is 0 Å². The van der Waals surface area contributed by atoms with Crippen LogP contribution in [0.5, 0.6) is 11.5 Å². The zero-order chi connectivity index (χ0) is 14.1. The summed E-state index contributed by atoms with van der Waals surface area (Å²) in [7, 11) is 1.65. The number of ether oxygens (including phenoxy) is 3. The van der Waals surface area contributed by atoms with Crippen LogP contribution in [0.2, 0.25) is 0 Å². The SMILES string of the molecule is CCCOc1cc2c(cc1OC)CC1COC(=O)N1C2. The fraction of sp³-hybridized carbons (Fsp3) is 0.533. The first-order chi connectivity index (χ1) is 9.72. The van der Waals surface area contributed by atoms with Crippen LogP contribution in [0.3, 0.4) is 0 Å². The van der Waals surface area contributed by atoms with Gasteiger partial charge in [0.15, 0.2) is 11.5 Å². The van der Waals surface area contributed by atoms with Crippen molar-refractivity contribution < 1.29 is 19.0 Å². The fourth-order valence-corrected chi connectivity index (χ4v) is 2.76. The Balaban J connectivity index is 1.91. The van der Waals surface area contributed by atoms with Gasteiger partial charge in [0, 0.05) is 6.54 Å². The minimum absolute atomic E-state index is 0.155. The van der Waals surface area contributed by atoms with Crippen molar-refractivity contribution in [2.45, 2.75) is 32.4 Å². The molecule has 5 nitrogen and oxygen atoms in total. The fourth-order valence-electron chi connectivity index (χ4n) is 2.76. The van der Waals surface area contributed by atoms with E-state index < -0.39 is 0 Å². The maximum atomic E-state index is 11.6. The molecular weight excluding hydrogens is 258 g/mol. The average molecular weight is 277 g/mol. The number of carbonyl (C=O) groups is 1. The average Bonchev–Trinajstić information content (AvgIpc) is 2.82. The van der Waals surface area contributed by atoms with Crippen LogP contribution < -0.4 is 9.47 Å². The van der Waals surface area contributed by atoms with E-state index in [9.17, 15) is 4.79 Å². The highest BCUT2D eigenvalue weighted by Gasteiger charge is 2.37. The Kier molecular flexibility index (Phi) is 3.42. The molecule has 1 amide bonds. The zero-order valence-electron chi connectivity index (χ0n) is 11.8. The summed E-state index contributed by atoms with van der Waals surface area (Å²) in [5.74, 6) is 1.51. The molecule has 1 atom stereocenters. The molecule has 0 saturated carbocycles. The number of benzene rings is 1. The third-order valence-electron chi connectivity index (χ3n) is 3.82. The van der Waals surface area contributed by atoms with Crippen molar-refractivity contribution in [1.82, 2.24) is 4.90 Å². The van der Waals surface area contributed by atoms with E-state index in [0.29, 0.717) is 19.8 Å². The molecule has 5 heteroatoms. The second kappa shape index (κ2) is 5.23. The molecule has 2 heterocycles. The van der Waals surface area contributed by atoms with Gasteiger partial charge in [-0.3, -0.25) is 4.90 Å². The highest BCUT2D eigenvalue weighted by atomic mass is 16.6. The summed E-state index contributed by atoms with van der Waals surface area (Å²) in [6.07, 6.45) is 1.54. The van der Waals surface area contributed by atoms with Crippen molar-refractivity contribution in [3.8, 4) is 11.5 Å². The quantitative estimate of drug-likeness (QED) is 0.847. The summed E-state index contributed by atoms with van der Waals surface area (Å²) in [4.78, 5) is 13.4. The van der Waals surface area contributed by atoms with Gasteiger partial charge in [-0.25, -0.2) is 4.79 Å². The smallest absolute Gasteiger partial charge is 0.410 e. The molecule has 3 rings (SSSR count). The predicted molar refractivity (Wildman–Crippen MR) is 73.2 cm³/mol. The second-order valence-electron chi connectivity index (χ2n) is 5.18. The minimum atomic E-state index is -0.215. The summed E-state index contributed by atoms with van der Waals surface area (Å²) in [5.41, 5.74) is 2.33. The molecule has 2 aliphatic rings. The zero-order valence-corrected chi connectivity index (χ0v) is 11.8. The molecular formula is C15H19NO4. The lowest BCUT2D eigenvalue weighted by Crippen LogP contribution is -2.38. The number of amides is 1. The normalized spacial score (nSPS) is 20.2. The van der Waals surface area contributed by atoms with Crippen molar-refractivity contribution in [3.05, 3.63) is 23.3 Å². The van der Waals surface area contributed by atoms with E-state index >= 15 is 0 Å². The van der Waals surface area contributed by atoms with E-state index in [1.807, 2.05) is 12.1 Å². The Morgan fingerprint density at radius 3 is 2.90 bits per heavy atom. The molecule has 1 saturated heterocycles. The molecule has 1 unspecified atom stereocenters. The highest BCUT2D eigenvalue weighted by molar-refractivity contribution is 5.71. The van der Waals surface area contributed by atoms with Gasteiger partial charge in [-0.1, -0.05) is 6.92 Å². The van der Waals surface area contributed by atoms with Crippen molar-refractivity contribution >= 4 is 6.09 Å². The molecule has 0 aliphatic carbocycles. The second-order valence-corrected chi connectivity index (χ2v) is 5.18. The highest BCUT2D eigenvalue weighted by Crippen LogP contribution is 2.36. The lowest BCUT2D eigenvalue weighted by Gasteiger charge is -2.29. The van der Waals surface area contributed by atoms with Gasteiger partial charge in [-0.2, -0.15) is 0 Å². The third-order valence-corrected chi connectivity index (χ3v) is 3.82. The molecule has 108 valence electrons. The van der Waals surface area contributed by atoms with Crippen LogP contribution in [0.15, 0.2) is 12.1 Å². The van der Waals surface area contributed by atoms with E-state index in [0.717, 1.165) is 29.9 Å². The standard InChI is InChI=1S/C15H19NO4/c1-3-4-19-14-7-11-8-16-12(9-20-15(16)17)5-10(11)6-13(14)18-2/h6-7,12H,3-5,8-9H2,1-2H3. The molecule has 0 bridgehead atoms. The van der Waals surface area contributed by atoms with Gasteiger partial charge in [-0.15, -0.1) is 0 Å². The maximum Gasteiger partial charge on any atom is 0.410 e. The third kappa shape index (κ3) is 2.17. The van der Waals surface area contributed by atoms with E-state index in [-0.39, 0.29) is 12.1 Å². The summed E-state index contributed by atoms with van der Waals surface area (Å²) < 4.78 is 16.2. The Bertz CT molecular complexity index is 529. The number of rotatable bonds is 4. The van der Waals surface area contributed by atoms with Crippen LogP contribution in [-0.2, 0) is 17.7 Å². The van der Waals surface area contributed by atoms with Gasteiger partial charge >= 0.3 is 6.09 Å². The Morgan fingerprint density at radius 1 is 1.35 bits per heavy atom. The topological polar surface area (TPSA) is 48.0 Å². The number of carbonyl (C=O) groups excluding carboxylic acids is 1. The Hall–Kier alpha value is -1.91. The first-order valence-corrected chi connectivity index (χ1v) is 6.99. The van der Waals surface area contributed by atoms with E-state index in [1.54, 1.807) is 12.0 Å². The molecule has 0 N–H and O–H groups in total. The molecule has 0 aromatic heterocycles. The van der Waals surface area contributed by atoms with Crippen molar-refractivity contribution in [3.63, 3.8) is 0 Å². The maximum absolute atomic E-state index is 11.6. The molecule has 0 spiro atoms. The molecule has 1 aromatic rings. The van der Waals surface area contributed by atoms with E-state index in [4.69, 9.17) is 14.2 Å². The number of methoxy groups -OCH3 is 1. The van der Waals surface area contributed by atoms with Crippen LogP contribution in [0.4, 0.5) is 4.79 Å². The number of fused-ring (bicyclic) bond motifs is 2. The molecule has 1 aromatic carbocycles. The predicted octanol–water partition coefficient (Wildman–Crippen LogP) is 2.36. The minimum Gasteiger partial charge on any atom is -0.493 e. The van der Waals surface area contributed by atoms with Gasteiger partial charge in [0.05, 0.1) is 19.8 Å². The van der Waals surface area contributed by atoms with E-state index in [1.165, 1.54) is 5.56 Å². The number of nitrogens with zero attached hydrogens (tertiary/aromatic N) is 1. The summed E-state index contributed by atoms with van der Waals surface area (Å²) in [5, 5.41) is 0. The Labute approximate surface area is 118 Å². The lowest BCUT2D eigenvalue weighted by atomic mass is 9.94. The van der Waals surface area contributed by atoms with Gasteiger partial charge in [0.1, 0.15) is 6.61 Å². The van der Waals surface area contributed by atoms with Crippen LogP contribution in [0, 0.1) is 0 Å². The lowest BCUT2D eigenvalue weighted by molar-refractivity contribution is 0.155. The largest absolute Gasteiger partial charge is 0.493 e. The van der Waals surface area contributed by atoms with Gasteiger partial charge < -0.3 is 14.2 Å². The Morgan fingerprint density at radius 2 is 2.15 bits per heavy atom. The number of cyclic esters (lactones) is 1. The molecule has 20 heavy (non-hydrogen) atoms. The summed E-state index contributed by atoms with van der Waals surface area (Å²) >= 11 is 0. The monoisotopic (exact) mass is 277 g/mol. The summed E-state index contributed by atoms with van der Waals surface area (Å²) in [6, 6.07) is 4.17. The number of hydrogen-bond donors (Lipinski definition) is 0. The van der Waals surface area contributed by atoms with Crippen molar-refractivity contribution in [2.75, 3.05) is 20.3 Å². The van der Waals surface area contributed by atoms with Crippen molar-refractivity contribution in [2.24, 2.45) is 0 Å². The van der Waals surface area contributed by atoms with Gasteiger partial charge in [-0.05, 0) is 36.1 Å². The van der Waals surface area contributed by atoms with Crippen LogP contribution in [-0.4, -0.2) is 37.4 Å². The number of hydrogen-bond acceptors (Lipinski definition) is 4. The molecule has 1 fully saturated rings. The first kappa shape index (κ1) is 13.1. The van der Waals surface area contributed by atoms with Gasteiger partial charge in [0.25, 0.3) is 0 Å². The summed E-state index contributed by atoms with van der Waals surface area (Å²) in [6.45, 7) is 3.79. The van der Waals surface area contributed by atoms with Crippen LogP contribution in [0.1, 0.15) is 24.5 Å². The van der Waals surface area contributed by atoms with Crippen LogP contribution >= 0.6 is 0 Å². The van der Waals surface area contributed by atoms with Crippen LogP contribution in [0.25, 0.3) is 0 Å². The van der Waals surface area contributed by atoms with Crippen molar-refractivity contribution in [1.29, 1.82) is 0 Å².